The maximum atomic E-state index is 7.57. The van der Waals surface area contributed by atoms with Gasteiger partial charge >= 0.3 is 0 Å². The molecule has 0 atom stereocenters. The van der Waals surface area contributed by atoms with Crippen LogP contribution in [0.25, 0.3) is 0 Å². The van der Waals surface area contributed by atoms with Crippen molar-refractivity contribution < 1.29 is 5.11 Å². The summed E-state index contributed by atoms with van der Waals surface area (Å²) in [6.07, 6.45) is 2.81. The standard InChI is InChI=1S/C9H10.C2H6O/c1-2-4-8(5-3-1)9-6-7-9;1-2-3/h1-5,9H,6-7H2;3H,2H2,1H3. The van der Waals surface area contributed by atoms with Gasteiger partial charge in [0.2, 0.25) is 0 Å². The first kappa shape index (κ1) is 9.27. The zero-order chi connectivity index (χ0) is 8.81. The van der Waals surface area contributed by atoms with Crippen LogP contribution in [0.1, 0.15) is 31.2 Å². The van der Waals surface area contributed by atoms with E-state index in [0.29, 0.717) is 0 Å². The third-order valence-corrected chi connectivity index (χ3v) is 1.85. The zero-order valence-corrected chi connectivity index (χ0v) is 7.53. The van der Waals surface area contributed by atoms with Gasteiger partial charge in [0, 0.05) is 6.61 Å². The molecule has 2 rings (SSSR count). The lowest BCUT2D eigenvalue weighted by molar-refractivity contribution is 0.318. The van der Waals surface area contributed by atoms with Gasteiger partial charge in [0.25, 0.3) is 0 Å². The Morgan fingerprint density at radius 2 is 1.75 bits per heavy atom. The van der Waals surface area contributed by atoms with Gasteiger partial charge in [-0.1, -0.05) is 30.3 Å². The van der Waals surface area contributed by atoms with Crippen LogP contribution in [-0.4, -0.2) is 11.7 Å². The molecule has 0 aromatic heterocycles. The molecule has 1 saturated carbocycles. The van der Waals surface area contributed by atoms with E-state index in [-0.39, 0.29) is 6.61 Å². The molecule has 1 aliphatic carbocycles. The third kappa shape index (κ3) is 3.05. The molecular weight excluding hydrogens is 148 g/mol. The summed E-state index contributed by atoms with van der Waals surface area (Å²) in [5, 5.41) is 7.57. The lowest BCUT2D eigenvalue weighted by Crippen LogP contribution is -1.73. The minimum absolute atomic E-state index is 0.250. The van der Waals surface area contributed by atoms with E-state index >= 15 is 0 Å². The highest BCUT2D eigenvalue weighted by Crippen LogP contribution is 2.39. The lowest BCUT2D eigenvalue weighted by Gasteiger charge is -1.92. The van der Waals surface area contributed by atoms with E-state index < -0.39 is 0 Å². The molecule has 1 aromatic rings. The van der Waals surface area contributed by atoms with Crippen LogP contribution in [0.15, 0.2) is 30.3 Å². The van der Waals surface area contributed by atoms with E-state index in [9.17, 15) is 0 Å². The Hall–Kier alpha value is -0.820. The minimum atomic E-state index is 0.250. The SMILES string of the molecule is CCO.c1ccc(C2CC2)cc1. The lowest BCUT2D eigenvalue weighted by atomic mass is 10.1. The van der Waals surface area contributed by atoms with Crippen molar-refractivity contribution in [2.24, 2.45) is 0 Å². The summed E-state index contributed by atoms with van der Waals surface area (Å²) in [5.41, 5.74) is 1.53. The van der Waals surface area contributed by atoms with E-state index in [1.54, 1.807) is 6.92 Å². The Balaban J connectivity index is 0.000000213. The summed E-state index contributed by atoms with van der Waals surface area (Å²) in [6.45, 7) is 1.93. The van der Waals surface area contributed by atoms with E-state index in [1.165, 1.54) is 18.4 Å². The number of hydrogen-bond donors (Lipinski definition) is 1. The van der Waals surface area contributed by atoms with Crippen LogP contribution < -0.4 is 0 Å². The maximum Gasteiger partial charge on any atom is 0.0402 e. The molecule has 0 saturated heterocycles. The predicted octanol–water partition coefficient (Wildman–Crippen LogP) is 2.56. The monoisotopic (exact) mass is 164 g/mol. The molecule has 12 heavy (non-hydrogen) atoms. The number of hydrogen-bond acceptors (Lipinski definition) is 1. The summed E-state index contributed by atoms with van der Waals surface area (Å²) < 4.78 is 0. The second-order valence-corrected chi connectivity index (χ2v) is 3.00. The molecule has 66 valence electrons. The summed E-state index contributed by atoms with van der Waals surface area (Å²) in [5.74, 6) is 0.909. The van der Waals surface area contributed by atoms with Crippen molar-refractivity contribution in [3.05, 3.63) is 35.9 Å². The zero-order valence-electron chi connectivity index (χ0n) is 7.53. The minimum Gasteiger partial charge on any atom is -0.397 e. The van der Waals surface area contributed by atoms with Gasteiger partial charge in [-0.2, -0.15) is 0 Å². The summed E-state index contributed by atoms with van der Waals surface area (Å²) in [6, 6.07) is 10.8. The van der Waals surface area contributed by atoms with Gasteiger partial charge in [0.15, 0.2) is 0 Å². The van der Waals surface area contributed by atoms with Gasteiger partial charge in [-0.25, -0.2) is 0 Å². The van der Waals surface area contributed by atoms with Crippen LogP contribution in [0.5, 0.6) is 0 Å². The summed E-state index contributed by atoms with van der Waals surface area (Å²) in [7, 11) is 0. The molecule has 1 aromatic carbocycles. The van der Waals surface area contributed by atoms with Crippen molar-refractivity contribution in [3.63, 3.8) is 0 Å². The van der Waals surface area contributed by atoms with Gasteiger partial charge in [0.1, 0.15) is 0 Å². The number of benzene rings is 1. The number of aliphatic hydroxyl groups excluding tert-OH is 1. The fraction of sp³-hybridized carbons (Fsp3) is 0.455. The van der Waals surface area contributed by atoms with E-state index in [0.717, 1.165) is 5.92 Å². The average Bonchev–Trinajstić information content (AvgIpc) is 2.90. The normalized spacial score (nSPS) is 14.8. The van der Waals surface area contributed by atoms with Crippen LogP contribution in [0, 0.1) is 0 Å². The fourth-order valence-corrected chi connectivity index (χ4v) is 1.14. The molecule has 1 heteroatoms. The molecule has 0 aliphatic heterocycles. The second kappa shape index (κ2) is 4.94. The molecule has 0 unspecified atom stereocenters. The summed E-state index contributed by atoms with van der Waals surface area (Å²) >= 11 is 0. The second-order valence-electron chi connectivity index (χ2n) is 3.00. The van der Waals surface area contributed by atoms with Gasteiger partial charge < -0.3 is 5.11 Å². The maximum absolute atomic E-state index is 7.57. The summed E-state index contributed by atoms with van der Waals surface area (Å²) in [4.78, 5) is 0. The van der Waals surface area contributed by atoms with Crippen molar-refractivity contribution in [3.8, 4) is 0 Å². The van der Waals surface area contributed by atoms with E-state index in [2.05, 4.69) is 30.3 Å². The molecule has 1 aliphatic rings. The fourth-order valence-electron chi connectivity index (χ4n) is 1.14. The molecule has 0 bridgehead atoms. The Labute approximate surface area is 74.1 Å². The van der Waals surface area contributed by atoms with Crippen LogP contribution in [0.2, 0.25) is 0 Å². The van der Waals surface area contributed by atoms with Crippen molar-refractivity contribution in [2.45, 2.75) is 25.7 Å². The quantitative estimate of drug-likeness (QED) is 0.676. The first-order chi connectivity index (χ1) is 5.88. The van der Waals surface area contributed by atoms with Crippen LogP contribution in [-0.2, 0) is 0 Å². The largest absolute Gasteiger partial charge is 0.397 e. The van der Waals surface area contributed by atoms with Crippen molar-refractivity contribution in [2.75, 3.05) is 6.61 Å². The Bertz CT molecular complexity index is 202. The predicted molar refractivity (Wildman–Crippen MR) is 51.2 cm³/mol. The Morgan fingerprint density at radius 1 is 1.25 bits per heavy atom. The molecule has 0 heterocycles. The topological polar surface area (TPSA) is 20.2 Å². The highest BCUT2D eigenvalue weighted by atomic mass is 16.2. The smallest absolute Gasteiger partial charge is 0.0402 e. The van der Waals surface area contributed by atoms with Crippen LogP contribution in [0.3, 0.4) is 0 Å². The molecule has 0 radical (unpaired) electrons. The molecule has 0 amide bonds. The first-order valence-corrected chi connectivity index (χ1v) is 4.54. The van der Waals surface area contributed by atoms with Crippen molar-refractivity contribution in [1.29, 1.82) is 0 Å². The molecule has 1 N–H and O–H groups in total. The third-order valence-electron chi connectivity index (χ3n) is 1.85. The van der Waals surface area contributed by atoms with Crippen molar-refractivity contribution >= 4 is 0 Å². The highest BCUT2D eigenvalue weighted by Gasteiger charge is 2.22. The molecule has 1 nitrogen and oxygen atoms in total. The average molecular weight is 164 g/mol. The number of rotatable bonds is 1. The van der Waals surface area contributed by atoms with Gasteiger partial charge in [0.05, 0.1) is 0 Å². The molecular formula is C11H16O. The van der Waals surface area contributed by atoms with Crippen LogP contribution >= 0.6 is 0 Å². The Morgan fingerprint density at radius 3 is 2.17 bits per heavy atom. The van der Waals surface area contributed by atoms with E-state index in [4.69, 9.17) is 5.11 Å². The molecule has 0 spiro atoms. The molecule has 1 fully saturated rings. The van der Waals surface area contributed by atoms with Gasteiger partial charge in [-0.3, -0.25) is 0 Å². The van der Waals surface area contributed by atoms with E-state index in [1.807, 2.05) is 0 Å². The van der Waals surface area contributed by atoms with Crippen LogP contribution in [0.4, 0.5) is 0 Å². The highest BCUT2D eigenvalue weighted by molar-refractivity contribution is 5.22. The Kier molecular flexibility index (Phi) is 3.81. The van der Waals surface area contributed by atoms with Gasteiger partial charge in [-0.05, 0) is 31.2 Å². The van der Waals surface area contributed by atoms with Crippen molar-refractivity contribution in [1.82, 2.24) is 0 Å². The number of aliphatic hydroxyl groups is 1. The van der Waals surface area contributed by atoms with Gasteiger partial charge in [-0.15, -0.1) is 0 Å². The first-order valence-electron chi connectivity index (χ1n) is 4.54.